The maximum absolute atomic E-state index is 5.12. The molecule has 0 bridgehead atoms. The van der Waals surface area contributed by atoms with Crippen molar-refractivity contribution in [1.82, 2.24) is 29.1 Å². The lowest BCUT2D eigenvalue weighted by atomic mass is 10.0. The summed E-state index contributed by atoms with van der Waals surface area (Å²) in [7, 11) is 0. The van der Waals surface area contributed by atoms with Crippen LogP contribution < -0.4 is 0 Å². The average molecular weight is 691 g/mol. The second kappa shape index (κ2) is 12.1. The molecular weight excluding hydrogens is 661 g/mol. The summed E-state index contributed by atoms with van der Waals surface area (Å²) in [6, 6.07) is 59.7. The van der Waals surface area contributed by atoms with E-state index < -0.39 is 0 Å². The van der Waals surface area contributed by atoms with Crippen molar-refractivity contribution < 1.29 is 0 Å². The maximum atomic E-state index is 5.12. The van der Waals surface area contributed by atoms with Crippen LogP contribution in [0, 0.1) is 0 Å². The number of nitrogens with zero attached hydrogens (tertiary/aromatic N) is 6. The molecule has 0 saturated carbocycles. The van der Waals surface area contributed by atoms with Gasteiger partial charge in [-0.1, -0.05) is 91.0 Å². The summed E-state index contributed by atoms with van der Waals surface area (Å²) >= 11 is 0. The lowest BCUT2D eigenvalue weighted by Gasteiger charge is -2.11. The first-order valence-electron chi connectivity index (χ1n) is 18.1. The third-order valence-corrected chi connectivity index (χ3v) is 10.4. The van der Waals surface area contributed by atoms with Gasteiger partial charge in [0.1, 0.15) is 0 Å². The normalized spacial score (nSPS) is 11.7. The lowest BCUT2D eigenvalue weighted by molar-refractivity contribution is 0.988. The van der Waals surface area contributed by atoms with Crippen LogP contribution in [0.3, 0.4) is 0 Å². The Labute approximate surface area is 310 Å². The summed E-state index contributed by atoms with van der Waals surface area (Å²) in [4.78, 5) is 19.5. The van der Waals surface area contributed by atoms with Crippen molar-refractivity contribution in [3.8, 4) is 45.5 Å². The monoisotopic (exact) mass is 690 g/mol. The SMILES string of the molecule is c1ccc(-c2cc(-c3ccccn3)nc(-n3c4ccccc4c4cc(-c5ccc6c(c5)c5ccccc5n6-c5ccc6ccccc6c5)ccc43)n2)nc1. The minimum absolute atomic E-state index is 0.570. The number of pyridine rings is 2. The molecule has 11 aromatic rings. The molecule has 0 aliphatic heterocycles. The molecule has 0 spiro atoms. The standard InChI is InChI=1S/C48H30N6/c1-2-12-32-27-35(22-19-31(32)11-1)53-44-17-5-3-13-36(44)38-28-33(20-23-46(38)53)34-21-24-47-39(29-34)37-14-4-6-18-45(37)54(47)48-51-42(40-15-7-9-25-49-40)30-43(52-48)41-16-8-10-26-50-41/h1-30H. The van der Waals surface area contributed by atoms with Crippen molar-refractivity contribution in [3.63, 3.8) is 0 Å². The third-order valence-electron chi connectivity index (χ3n) is 10.4. The van der Waals surface area contributed by atoms with E-state index in [2.05, 4.69) is 146 Å². The molecule has 0 radical (unpaired) electrons. The minimum atomic E-state index is 0.570. The van der Waals surface area contributed by atoms with Crippen LogP contribution in [-0.2, 0) is 0 Å². The van der Waals surface area contributed by atoms with Crippen LogP contribution in [-0.4, -0.2) is 29.1 Å². The van der Waals surface area contributed by atoms with Gasteiger partial charge >= 0.3 is 0 Å². The van der Waals surface area contributed by atoms with Crippen molar-refractivity contribution in [2.24, 2.45) is 0 Å². The second-order valence-electron chi connectivity index (χ2n) is 13.6. The molecule has 6 heteroatoms. The number of rotatable bonds is 5. The van der Waals surface area contributed by atoms with Gasteiger partial charge in [0.2, 0.25) is 5.95 Å². The van der Waals surface area contributed by atoms with Gasteiger partial charge < -0.3 is 4.57 Å². The zero-order chi connectivity index (χ0) is 35.6. The quantitative estimate of drug-likeness (QED) is 0.180. The van der Waals surface area contributed by atoms with Crippen molar-refractivity contribution in [2.75, 3.05) is 0 Å². The molecule has 11 rings (SSSR count). The number of aromatic nitrogens is 6. The van der Waals surface area contributed by atoms with Crippen LogP contribution in [0.25, 0.3) is 99.9 Å². The Morgan fingerprint density at radius 1 is 0.333 bits per heavy atom. The van der Waals surface area contributed by atoms with E-state index >= 15 is 0 Å². The van der Waals surface area contributed by atoms with Crippen molar-refractivity contribution in [3.05, 3.63) is 182 Å². The molecular formula is C48H30N6. The topological polar surface area (TPSA) is 61.4 Å². The van der Waals surface area contributed by atoms with E-state index in [0.717, 1.165) is 61.4 Å². The predicted molar refractivity (Wildman–Crippen MR) is 220 cm³/mol. The summed E-state index contributed by atoms with van der Waals surface area (Å²) < 4.78 is 4.55. The molecule has 54 heavy (non-hydrogen) atoms. The van der Waals surface area contributed by atoms with Crippen molar-refractivity contribution in [1.29, 1.82) is 0 Å². The molecule has 6 aromatic carbocycles. The molecule has 0 atom stereocenters. The van der Waals surface area contributed by atoms with Gasteiger partial charge in [-0.25, -0.2) is 9.97 Å². The van der Waals surface area contributed by atoms with Crippen molar-refractivity contribution >= 4 is 54.4 Å². The fourth-order valence-corrected chi connectivity index (χ4v) is 7.94. The van der Waals surface area contributed by atoms with Gasteiger partial charge in [0.25, 0.3) is 0 Å². The van der Waals surface area contributed by atoms with Crippen LogP contribution in [0.1, 0.15) is 0 Å². The Hall–Kier alpha value is -7.44. The Bertz CT molecular complexity index is 3160. The predicted octanol–water partition coefficient (Wildman–Crippen LogP) is 11.6. The van der Waals surface area contributed by atoms with Crippen LogP contribution in [0.2, 0.25) is 0 Å². The zero-order valence-corrected chi connectivity index (χ0v) is 29.0. The maximum Gasteiger partial charge on any atom is 0.235 e. The highest BCUT2D eigenvalue weighted by Gasteiger charge is 2.19. The van der Waals surface area contributed by atoms with E-state index in [1.807, 2.05) is 42.5 Å². The zero-order valence-electron chi connectivity index (χ0n) is 29.0. The van der Waals surface area contributed by atoms with E-state index in [1.54, 1.807) is 12.4 Å². The van der Waals surface area contributed by atoms with Gasteiger partial charge in [-0.05, 0) is 101 Å². The number of hydrogen-bond donors (Lipinski definition) is 0. The highest BCUT2D eigenvalue weighted by Crippen LogP contribution is 2.38. The molecule has 0 saturated heterocycles. The number of benzene rings is 6. The summed E-state index contributed by atoms with van der Waals surface area (Å²) in [5, 5.41) is 7.19. The Balaban J connectivity index is 1.09. The highest BCUT2D eigenvalue weighted by atomic mass is 15.2. The van der Waals surface area contributed by atoms with E-state index in [-0.39, 0.29) is 0 Å². The van der Waals surface area contributed by atoms with Crippen LogP contribution in [0.4, 0.5) is 0 Å². The molecule has 252 valence electrons. The highest BCUT2D eigenvalue weighted by molar-refractivity contribution is 6.12. The average Bonchev–Trinajstić information content (AvgIpc) is 3.76. The van der Waals surface area contributed by atoms with E-state index in [0.29, 0.717) is 5.95 Å². The van der Waals surface area contributed by atoms with Gasteiger partial charge in [-0.3, -0.25) is 14.5 Å². The number of hydrogen-bond acceptors (Lipinski definition) is 4. The van der Waals surface area contributed by atoms with Crippen LogP contribution in [0.5, 0.6) is 0 Å². The van der Waals surface area contributed by atoms with Crippen LogP contribution >= 0.6 is 0 Å². The summed E-state index contributed by atoms with van der Waals surface area (Å²) in [5.41, 5.74) is 10.9. The van der Waals surface area contributed by atoms with E-state index in [1.165, 1.54) is 32.6 Å². The first-order valence-corrected chi connectivity index (χ1v) is 18.1. The molecule has 0 N–H and O–H groups in total. The number of para-hydroxylation sites is 2. The largest absolute Gasteiger partial charge is 0.309 e. The Kier molecular flexibility index (Phi) is 6.75. The van der Waals surface area contributed by atoms with Gasteiger partial charge in [0.15, 0.2) is 0 Å². The van der Waals surface area contributed by atoms with Gasteiger partial charge in [0, 0.05) is 39.6 Å². The van der Waals surface area contributed by atoms with Crippen LogP contribution in [0.15, 0.2) is 182 Å². The molecule has 6 nitrogen and oxygen atoms in total. The molecule has 5 heterocycles. The summed E-state index contributed by atoms with van der Waals surface area (Å²) in [6.45, 7) is 0. The molecule has 0 aliphatic carbocycles. The molecule has 0 amide bonds. The molecule has 0 aliphatic rings. The Morgan fingerprint density at radius 3 is 1.46 bits per heavy atom. The van der Waals surface area contributed by atoms with E-state index in [4.69, 9.17) is 9.97 Å². The fraction of sp³-hybridized carbons (Fsp3) is 0. The van der Waals surface area contributed by atoms with Gasteiger partial charge in [-0.2, -0.15) is 0 Å². The Morgan fingerprint density at radius 2 is 0.852 bits per heavy atom. The van der Waals surface area contributed by atoms with Crippen molar-refractivity contribution in [2.45, 2.75) is 0 Å². The first-order chi connectivity index (χ1) is 26.8. The minimum Gasteiger partial charge on any atom is -0.309 e. The summed E-state index contributed by atoms with van der Waals surface area (Å²) in [5.74, 6) is 0.570. The molecule has 0 unspecified atom stereocenters. The molecule has 0 fully saturated rings. The van der Waals surface area contributed by atoms with Gasteiger partial charge in [-0.15, -0.1) is 0 Å². The first kappa shape index (κ1) is 30.2. The van der Waals surface area contributed by atoms with Gasteiger partial charge in [0.05, 0.1) is 44.8 Å². The lowest BCUT2D eigenvalue weighted by Crippen LogP contribution is -2.04. The van der Waals surface area contributed by atoms with E-state index in [9.17, 15) is 0 Å². The smallest absolute Gasteiger partial charge is 0.235 e. The summed E-state index contributed by atoms with van der Waals surface area (Å²) in [6.07, 6.45) is 3.58. The second-order valence-corrected chi connectivity index (χ2v) is 13.6. The fourth-order valence-electron chi connectivity index (χ4n) is 7.94. The third kappa shape index (κ3) is 4.81. The number of fused-ring (bicyclic) bond motifs is 7. The molecule has 5 aromatic heterocycles.